The van der Waals surface area contributed by atoms with Gasteiger partial charge in [0.1, 0.15) is 0 Å². The Morgan fingerprint density at radius 1 is 0.640 bits per heavy atom. The number of hydrogen-bond acceptors (Lipinski definition) is 3. The molecule has 0 amide bonds. The fourth-order valence-electron chi connectivity index (χ4n) is 2.40. The molecule has 0 saturated carbocycles. The van der Waals surface area contributed by atoms with Crippen LogP contribution in [0.25, 0.3) is 0 Å². The van der Waals surface area contributed by atoms with Crippen LogP contribution in [0.2, 0.25) is 0 Å². The minimum Gasteiger partial charge on any atom is -0.312 e. The van der Waals surface area contributed by atoms with Crippen molar-refractivity contribution in [2.75, 3.05) is 19.8 Å². The summed E-state index contributed by atoms with van der Waals surface area (Å²) in [7, 11) is -1.23. The molecule has 0 unspecified atom stereocenters. The van der Waals surface area contributed by atoms with Gasteiger partial charge in [-0.05, 0) is 43.2 Å². The van der Waals surface area contributed by atoms with Gasteiger partial charge in [0.05, 0.1) is 19.8 Å². The van der Waals surface area contributed by atoms with Crippen LogP contribution in [0.5, 0.6) is 0 Å². The van der Waals surface area contributed by atoms with Gasteiger partial charge in [-0.15, -0.1) is 0 Å². The van der Waals surface area contributed by atoms with Gasteiger partial charge in [0.25, 0.3) is 0 Å². The molecule has 25 heavy (non-hydrogen) atoms. The average Bonchev–Trinajstić information content (AvgIpc) is 2.67. The maximum atomic E-state index is 5.84. The van der Waals surface area contributed by atoms with Crippen LogP contribution in [-0.4, -0.2) is 19.8 Å². The molecule has 2 aromatic rings. The Kier molecular flexibility index (Phi) is 10.5. The van der Waals surface area contributed by atoms with Crippen LogP contribution in [-0.2, 0) is 26.4 Å². The van der Waals surface area contributed by atoms with E-state index in [1.54, 1.807) is 0 Å². The summed E-state index contributed by atoms with van der Waals surface area (Å²) in [5.74, 6) is 0. The van der Waals surface area contributed by atoms with E-state index in [4.69, 9.17) is 13.6 Å². The lowest BCUT2D eigenvalue weighted by Crippen LogP contribution is -2.01. The number of hydrogen-bond donors (Lipinski definition) is 0. The van der Waals surface area contributed by atoms with Crippen molar-refractivity contribution in [3.05, 3.63) is 71.8 Å². The van der Waals surface area contributed by atoms with Crippen LogP contribution >= 0.6 is 8.60 Å². The predicted octanol–water partition coefficient (Wildman–Crippen LogP) is 5.94. The van der Waals surface area contributed by atoms with Crippen molar-refractivity contribution >= 4 is 8.60 Å². The third-order valence-electron chi connectivity index (χ3n) is 3.70. The van der Waals surface area contributed by atoms with Crippen molar-refractivity contribution in [2.24, 2.45) is 0 Å². The molecule has 0 heterocycles. The van der Waals surface area contributed by atoms with E-state index >= 15 is 0 Å². The standard InChI is InChI=1S/C21H29O3P/c1-2-17-22-25(23-18-9-15-20-11-5-3-6-12-20)24-19-10-16-21-13-7-4-8-14-21/h3-8,11-14H,2,9-10,15-19H2,1H3. The van der Waals surface area contributed by atoms with Gasteiger partial charge in [0, 0.05) is 0 Å². The van der Waals surface area contributed by atoms with Gasteiger partial charge in [-0.3, -0.25) is 0 Å². The third kappa shape index (κ3) is 9.13. The Bertz CT molecular complexity index is 500. The van der Waals surface area contributed by atoms with E-state index in [1.165, 1.54) is 11.1 Å². The van der Waals surface area contributed by atoms with Gasteiger partial charge in [-0.25, -0.2) is 0 Å². The summed E-state index contributed by atoms with van der Waals surface area (Å²) in [6.07, 6.45) is 4.97. The Hall–Kier alpha value is -1.25. The first-order valence-corrected chi connectivity index (χ1v) is 10.2. The molecule has 3 nitrogen and oxygen atoms in total. The molecule has 0 radical (unpaired) electrons. The van der Waals surface area contributed by atoms with E-state index in [1.807, 2.05) is 12.1 Å². The Balaban J connectivity index is 1.61. The normalized spacial score (nSPS) is 11.1. The monoisotopic (exact) mass is 360 g/mol. The van der Waals surface area contributed by atoms with Crippen molar-refractivity contribution in [1.29, 1.82) is 0 Å². The summed E-state index contributed by atoms with van der Waals surface area (Å²) in [6.45, 7) is 4.12. The van der Waals surface area contributed by atoms with E-state index in [2.05, 4.69) is 55.5 Å². The van der Waals surface area contributed by atoms with Crippen molar-refractivity contribution < 1.29 is 13.6 Å². The highest BCUT2D eigenvalue weighted by Gasteiger charge is 2.12. The third-order valence-corrected chi connectivity index (χ3v) is 4.88. The summed E-state index contributed by atoms with van der Waals surface area (Å²) in [6, 6.07) is 21.0. The number of benzene rings is 2. The summed E-state index contributed by atoms with van der Waals surface area (Å²) in [4.78, 5) is 0. The molecule has 0 aliphatic carbocycles. The number of rotatable bonds is 13. The fraction of sp³-hybridized carbons (Fsp3) is 0.429. The second-order valence-corrected chi connectivity index (χ2v) is 7.12. The van der Waals surface area contributed by atoms with Crippen molar-refractivity contribution in [3.63, 3.8) is 0 Å². The summed E-state index contributed by atoms with van der Waals surface area (Å²) < 4.78 is 17.4. The highest BCUT2D eigenvalue weighted by molar-refractivity contribution is 7.41. The molecule has 2 aromatic carbocycles. The van der Waals surface area contributed by atoms with Crippen molar-refractivity contribution in [2.45, 2.75) is 39.0 Å². The van der Waals surface area contributed by atoms with E-state index in [9.17, 15) is 0 Å². The van der Waals surface area contributed by atoms with Crippen LogP contribution in [0.1, 0.15) is 37.3 Å². The SMILES string of the molecule is CCCOP(OCCCc1ccccc1)OCCCc1ccccc1. The molecule has 136 valence electrons. The summed E-state index contributed by atoms with van der Waals surface area (Å²) in [5, 5.41) is 0. The van der Waals surface area contributed by atoms with E-state index < -0.39 is 8.60 Å². The van der Waals surface area contributed by atoms with Gasteiger partial charge in [-0.1, -0.05) is 67.6 Å². The molecule has 0 aliphatic rings. The predicted molar refractivity (Wildman–Crippen MR) is 105 cm³/mol. The zero-order valence-electron chi connectivity index (χ0n) is 15.1. The van der Waals surface area contributed by atoms with Gasteiger partial charge in [-0.2, -0.15) is 0 Å². The molecular weight excluding hydrogens is 331 g/mol. The second-order valence-electron chi connectivity index (χ2n) is 5.90. The lowest BCUT2D eigenvalue weighted by molar-refractivity contribution is 0.157. The Morgan fingerprint density at radius 3 is 1.52 bits per heavy atom. The van der Waals surface area contributed by atoms with Crippen LogP contribution < -0.4 is 0 Å². The fourth-order valence-corrected chi connectivity index (χ4v) is 3.51. The average molecular weight is 360 g/mol. The maximum absolute atomic E-state index is 5.84. The quantitative estimate of drug-likeness (QED) is 0.327. The largest absolute Gasteiger partial charge is 0.332 e. The second kappa shape index (κ2) is 13.0. The lowest BCUT2D eigenvalue weighted by atomic mass is 10.1. The Morgan fingerprint density at radius 2 is 1.08 bits per heavy atom. The van der Waals surface area contributed by atoms with Crippen LogP contribution in [0.15, 0.2) is 60.7 Å². The molecule has 2 rings (SSSR count). The van der Waals surface area contributed by atoms with Gasteiger partial charge in [0.15, 0.2) is 0 Å². The molecule has 0 N–H and O–H groups in total. The minimum atomic E-state index is -1.23. The smallest absolute Gasteiger partial charge is 0.312 e. The molecule has 0 saturated heterocycles. The molecule has 0 aliphatic heterocycles. The number of aryl methyl sites for hydroxylation is 2. The molecular formula is C21H29O3P. The topological polar surface area (TPSA) is 27.7 Å². The van der Waals surface area contributed by atoms with E-state index in [-0.39, 0.29) is 0 Å². The van der Waals surface area contributed by atoms with E-state index in [0.29, 0.717) is 19.8 Å². The zero-order valence-corrected chi connectivity index (χ0v) is 16.0. The van der Waals surface area contributed by atoms with Crippen molar-refractivity contribution in [1.82, 2.24) is 0 Å². The molecule has 0 fully saturated rings. The Labute approximate surface area is 153 Å². The van der Waals surface area contributed by atoms with Gasteiger partial charge >= 0.3 is 8.60 Å². The van der Waals surface area contributed by atoms with Gasteiger partial charge < -0.3 is 13.6 Å². The first kappa shape index (κ1) is 20.1. The zero-order chi connectivity index (χ0) is 17.6. The molecule has 0 spiro atoms. The highest BCUT2D eigenvalue weighted by atomic mass is 31.2. The van der Waals surface area contributed by atoms with Crippen molar-refractivity contribution in [3.8, 4) is 0 Å². The molecule has 0 aromatic heterocycles. The molecule has 0 atom stereocenters. The molecule has 0 bridgehead atoms. The summed E-state index contributed by atoms with van der Waals surface area (Å²) >= 11 is 0. The maximum Gasteiger partial charge on any atom is 0.332 e. The van der Waals surface area contributed by atoms with Gasteiger partial charge in [0.2, 0.25) is 0 Å². The lowest BCUT2D eigenvalue weighted by Gasteiger charge is -2.16. The molecule has 4 heteroatoms. The van der Waals surface area contributed by atoms with Crippen LogP contribution in [0.3, 0.4) is 0 Å². The van der Waals surface area contributed by atoms with Crippen LogP contribution in [0, 0.1) is 0 Å². The minimum absolute atomic E-state index is 0.670. The first-order valence-electron chi connectivity index (χ1n) is 9.15. The highest BCUT2D eigenvalue weighted by Crippen LogP contribution is 2.40. The summed E-state index contributed by atoms with van der Waals surface area (Å²) in [5.41, 5.74) is 2.68. The van der Waals surface area contributed by atoms with E-state index in [0.717, 1.165) is 32.1 Å². The first-order chi connectivity index (χ1) is 12.4. The van der Waals surface area contributed by atoms with Crippen LogP contribution in [0.4, 0.5) is 0 Å².